The van der Waals surface area contributed by atoms with Gasteiger partial charge < -0.3 is 9.47 Å². The Bertz CT molecular complexity index is 869. The van der Waals surface area contributed by atoms with Crippen LogP contribution in [0.25, 0.3) is 0 Å². The normalized spacial score (nSPS) is 10.1. The van der Waals surface area contributed by atoms with Crippen molar-refractivity contribution in [3.05, 3.63) is 62.6 Å². The molecular formula is C17H13Cl3N2O5. The van der Waals surface area contributed by atoms with Crippen molar-refractivity contribution in [1.29, 1.82) is 0 Å². The van der Waals surface area contributed by atoms with Crippen LogP contribution in [0.1, 0.15) is 20.7 Å². The van der Waals surface area contributed by atoms with Gasteiger partial charge in [0.2, 0.25) is 0 Å². The second-order valence-corrected chi connectivity index (χ2v) is 6.39. The largest absolute Gasteiger partial charge is 0.496 e. The van der Waals surface area contributed by atoms with E-state index in [-0.39, 0.29) is 26.9 Å². The third kappa shape index (κ3) is 6.02. The summed E-state index contributed by atoms with van der Waals surface area (Å²) in [4.78, 5) is 35.8. The molecule has 142 valence electrons. The predicted octanol–water partition coefficient (Wildman–Crippen LogP) is 3.27. The van der Waals surface area contributed by atoms with Crippen molar-refractivity contribution in [2.75, 3.05) is 13.7 Å². The molecule has 0 bridgehead atoms. The first-order chi connectivity index (χ1) is 12.8. The number of halogens is 3. The van der Waals surface area contributed by atoms with Crippen LogP contribution in [0.2, 0.25) is 15.1 Å². The van der Waals surface area contributed by atoms with Gasteiger partial charge in [0.1, 0.15) is 5.75 Å². The molecule has 2 rings (SSSR count). The van der Waals surface area contributed by atoms with Crippen molar-refractivity contribution in [2.45, 2.75) is 0 Å². The van der Waals surface area contributed by atoms with Gasteiger partial charge in [-0.05, 0) is 36.4 Å². The van der Waals surface area contributed by atoms with E-state index >= 15 is 0 Å². The molecule has 7 nitrogen and oxygen atoms in total. The molecule has 2 N–H and O–H groups in total. The summed E-state index contributed by atoms with van der Waals surface area (Å²) in [6.45, 7) is -0.629. The van der Waals surface area contributed by atoms with Crippen molar-refractivity contribution < 1.29 is 23.9 Å². The highest BCUT2D eigenvalue weighted by Gasteiger charge is 2.15. The zero-order chi connectivity index (χ0) is 20.0. The summed E-state index contributed by atoms with van der Waals surface area (Å²) in [5.41, 5.74) is 4.50. The summed E-state index contributed by atoms with van der Waals surface area (Å²) < 4.78 is 9.89. The molecular weight excluding hydrogens is 419 g/mol. The molecule has 0 saturated heterocycles. The lowest BCUT2D eigenvalue weighted by Gasteiger charge is -2.11. The van der Waals surface area contributed by atoms with Crippen LogP contribution in [0.3, 0.4) is 0 Å². The van der Waals surface area contributed by atoms with Crippen LogP contribution in [0.15, 0.2) is 36.4 Å². The van der Waals surface area contributed by atoms with Crippen molar-refractivity contribution in [2.24, 2.45) is 0 Å². The number of nitrogens with one attached hydrogen (secondary N) is 2. The molecule has 2 aromatic rings. The number of methoxy groups -OCH3 is 1. The lowest BCUT2D eigenvalue weighted by atomic mass is 10.2. The summed E-state index contributed by atoms with van der Waals surface area (Å²) in [6, 6.07) is 8.59. The number of benzene rings is 2. The van der Waals surface area contributed by atoms with E-state index in [2.05, 4.69) is 10.9 Å². The number of esters is 1. The molecule has 0 aliphatic carbocycles. The highest BCUT2D eigenvalue weighted by atomic mass is 35.5. The molecule has 2 aromatic carbocycles. The lowest BCUT2D eigenvalue weighted by molar-refractivity contribution is -0.125. The molecule has 2 amide bonds. The number of carbonyl (C=O) groups excluding carboxylic acids is 3. The maximum Gasteiger partial charge on any atom is 0.338 e. The second-order valence-electron chi connectivity index (χ2n) is 5.08. The molecule has 27 heavy (non-hydrogen) atoms. The van der Waals surface area contributed by atoms with E-state index in [1.54, 1.807) is 6.07 Å². The van der Waals surface area contributed by atoms with Gasteiger partial charge in [0.25, 0.3) is 11.8 Å². The number of amides is 2. The number of hydrogen-bond acceptors (Lipinski definition) is 5. The van der Waals surface area contributed by atoms with Crippen molar-refractivity contribution in [1.82, 2.24) is 10.9 Å². The maximum atomic E-state index is 12.1. The maximum absolute atomic E-state index is 12.1. The van der Waals surface area contributed by atoms with Crippen molar-refractivity contribution in [3.8, 4) is 5.75 Å². The van der Waals surface area contributed by atoms with Crippen molar-refractivity contribution >= 4 is 52.6 Å². The van der Waals surface area contributed by atoms with E-state index in [1.165, 1.54) is 37.4 Å². The number of hydrazine groups is 1. The van der Waals surface area contributed by atoms with E-state index in [9.17, 15) is 14.4 Å². The topological polar surface area (TPSA) is 93.7 Å². The molecule has 0 aliphatic heterocycles. The summed E-state index contributed by atoms with van der Waals surface area (Å²) in [5.74, 6) is -1.94. The zero-order valence-electron chi connectivity index (χ0n) is 13.8. The Morgan fingerprint density at radius 1 is 0.926 bits per heavy atom. The standard InChI is InChI=1S/C17H13Cl3N2O5/c1-26-14-3-2-10(18)7-13(14)16(24)22-21-15(23)8-27-17(25)9-4-11(19)6-12(20)5-9/h2-7H,8H2,1H3,(H,21,23)(H,22,24). The van der Waals surface area contributed by atoms with Gasteiger partial charge in [0.05, 0.1) is 18.2 Å². The van der Waals surface area contributed by atoms with Gasteiger partial charge in [-0.3, -0.25) is 20.4 Å². The van der Waals surface area contributed by atoms with E-state index in [4.69, 9.17) is 44.3 Å². The summed E-state index contributed by atoms with van der Waals surface area (Å²) in [6.07, 6.45) is 0. The Morgan fingerprint density at radius 3 is 2.22 bits per heavy atom. The highest BCUT2D eigenvalue weighted by Crippen LogP contribution is 2.22. The monoisotopic (exact) mass is 430 g/mol. The van der Waals surface area contributed by atoms with Gasteiger partial charge in [-0.25, -0.2) is 4.79 Å². The van der Waals surface area contributed by atoms with E-state index in [0.717, 1.165) is 0 Å². The van der Waals surface area contributed by atoms with E-state index in [1.807, 2.05) is 0 Å². The lowest BCUT2D eigenvalue weighted by Crippen LogP contribution is -2.43. The Kier molecular flexibility index (Phi) is 7.29. The van der Waals surface area contributed by atoms with Gasteiger partial charge >= 0.3 is 5.97 Å². The van der Waals surface area contributed by atoms with Gasteiger partial charge in [-0.1, -0.05) is 34.8 Å². The zero-order valence-corrected chi connectivity index (χ0v) is 16.1. The van der Waals surface area contributed by atoms with Crippen LogP contribution >= 0.6 is 34.8 Å². The predicted molar refractivity (Wildman–Crippen MR) is 100 cm³/mol. The molecule has 0 heterocycles. The minimum Gasteiger partial charge on any atom is -0.496 e. The molecule has 0 fully saturated rings. The highest BCUT2D eigenvalue weighted by molar-refractivity contribution is 6.35. The molecule has 10 heteroatoms. The van der Waals surface area contributed by atoms with Crippen LogP contribution in [-0.4, -0.2) is 31.5 Å². The average molecular weight is 432 g/mol. The minimum absolute atomic E-state index is 0.0907. The van der Waals surface area contributed by atoms with E-state index in [0.29, 0.717) is 5.02 Å². The van der Waals surface area contributed by atoms with Crippen LogP contribution in [-0.2, 0) is 9.53 Å². The Labute approximate surface area is 169 Å². The van der Waals surface area contributed by atoms with Crippen LogP contribution in [0.5, 0.6) is 5.75 Å². The third-order valence-corrected chi connectivity index (χ3v) is 3.83. The fourth-order valence-corrected chi connectivity index (χ4v) is 2.67. The number of hydrogen-bond donors (Lipinski definition) is 2. The second kappa shape index (κ2) is 9.45. The smallest absolute Gasteiger partial charge is 0.338 e. The number of rotatable bonds is 5. The third-order valence-electron chi connectivity index (χ3n) is 3.15. The van der Waals surface area contributed by atoms with Gasteiger partial charge in [-0.15, -0.1) is 0 Å². The average Bonchev–Trinajstić information content (AvgIpc) is 2.63. The molecule has 0 unspecified atom stereocenters. The first kappa shape index (κ1) is 20.8. The molecule has 0 atom stereocenters. The fourth-order valence-electron chi connectivity index (χ4n) is 1.97. The fraction of sp³-hybridized carbons (Fsp3) is 0.118. The van der Waals surface area contributed by atoms with Gasteiger partial charge in [0, 0.05) is 15.1 Å². The Hall–Kier alpha value is -2.48. The van der Waals surface area contributed by atoms with Crippen molar-refractivity contribution in [3.63, 3.8) is 0 Å². The molecule has 0 aliphatic rings. The van der Waals surface area contributed by atoms with Crippen LogP contribution in [0.4, 0.5) is 0 Å². The minimum atomic E-state index is -0.794. The quantitative estimate of drug-likeness (QED) is 0.560. The molecule has 0 aromatic heterocycles. The summed E-state index contributed by atoms with van der Waals surface area (Å²) in [5, 5.41) is 0.824. The summed E-state index contributed by atoms with van der Waals surface area (Å²) >= 11 is 17.4. The van der Waals surface area contributed by atoms with Gasteiger partial charge in [0.15, 0.2) is 6.61 Å². The SMILES string of the molecule is COc1ccc(Cl)cc1C(=O)NNC(=O)COC(=O)c1cc(Cl)cc(Cl)c1. The molecule has 0 saturated carbocycles. The molecule has 0 radical (unpaired) electrons. The number of carbonyl (C=O) groups is 3. The van der Waals surface area contributed by atoms with Crippen LogP contribution in [0, 0.1) is 0 Å². The Morgan fingerprint density at radius 2 is 1.59 bits per heavy atom. The molecule has 0 spiro atoms. The van der Waals surface area contributed by atoms with Crippen LogP contribution < -0.4 is 15.6 Å². The first-order valence-electron chi connectivity index (χ1n) is 7.36. The summed E-state index contributed by atoms with van der Waals surface area (Å²) in [7, 11) is 1.39. The van der Waals surface area contributed by atoms with Gasteiger partial charge in [-0.2, -0.15) is 0 Å². The number of ether oxygens (including phenoxy) is 2. The Balaban J connectivity index is 1.88. The first-order valence-corrected chi connectivity index (χ1v) is 8.49. The van der Waals surface area contributed by atoms with E-state index < -0.39 is 24.4 Å².